The number of allylic oxidation sites excluding steroid dienone is 2. The number of aromatic hydroxyl groups is 1. The Morgan fingerprint density at radius 3 is 2.54 bits per heavy atom. The Morgan fingerprint density at radius 2 is 1.78 bits per heavy atom. The van der Waals surface area contributed by atoms with Crippen LogP contribution in [-0.4, -0.2) is 48.8 Å². The predicted molar refractivity (Wildman–Crippen MR) is 170 cm³/mol. The van der Waals surface area contributed by atoms with Gasteiger partial charge in [0, 0.05) is 34.3 Å². The van der Waals surface area contributed by atoms with Crippen LogP contribution in [0.15, 0.2) is 60.2 Å². The molecule has 6 unspecified atom stereocenters. The van der Waals surface area contributed by atoms with E-state index < -0.39 is 58.6 Å². The number of carbonyl (C=O) groups excluding carboxylic acids is 4. The molecule has 4 aliphatic rings. The molecule has 4 heterocycles. The Balaban J connectivity index is 1.26. The largest absolute Gasteiger partial charge is 0.508 e. The number of hydrogen-bond donors (Lipinski definition) is 2. The number of rotatable bonds is 3. The van der Waals surface area contributed by atoms with E-state index in [0.717, 1.165) is 26.1 Å². The third-order valence-corrected chi connectivity index (χ3v) is 12.2. The topological polar surface area (TPSA) is 133 Å². The molecule has 1 saturated carbocycles. The number of phenols is 1. The van der Waals surface area contributed by atoms with Crippen LogP contribution in [-0.2, 0) is 26.2 Å². The summed E-state index contributed by atoms with van der Waals surface area (Å²) in [6, 6.07) is 14.2. The first-order valence-corrected chi connectivity index (χ1v) is 16.3. The molecule has 2 saturated heterocycles. The van der Waals surface area contributed by atoms with Crippen molar-refractivity contribution in [3.8, 4) is 16.3 Å². The van der Waals surface area contributed by atoms with E-state index in [1.54, 1.807) is 49.6 Å². The van der Waals surface area contributed by atoms with Crippen LogP contribution in [0.4, 0.5) is 5.82 Å². The number of benzene rings is 2. The van der Waals surface area contributed by atoms with E-state index in [2.05, 4.69) is 0 Å². The number of anilines is 1. The summed E-state index contributed by atoms with van der Waals surface area (Å²) in [6.07, 6.45) is 2.22. The molecule has 46 heavy (non-hydrogen) atoms. The number of amides is 4. The standard InChI is InChI=1S/C34H29ClN4O6S/c1-15-20-12-16(35)8-11-25(20)46-29(15)23-14-26(37(3)36-23)38-31(42)22-13-21-17(9-10-19-27(21)32(43)39(45)30(19)41)28(34(22,2)33(38)44)18-6-4-5-7-24(18)40/h4-9,11-12,14,19,21-22,27-28,40,45H,10,13H2,1-3H3. The maximum absolute atomic E-state index is 14.8. The average molecular weight is 657 g/mol. The summed E-state index contributed by atoms with van der Waals surface area (Å²) in [5.41, 5.74) is 1.49. The molecule has 8 rings (SSSR count). The van der Waals surface area contributed by atoms with Crippen LogP contribution in [0.5, 0.6) is 5.75 Å². The van der Waals surface area contributed by atoms with Crippen molar-refractivity contribution in [3.63, 3.8) is 0 Å². The second-order valence-electron chi connectivity index (χ2n) is 12.9. The van der Waals surface area contributed by atoms with Gasteiger partial charge in [0.25, 0.3) is 11.8 Å². The van der Waals surface area contributed by atoms with Gasteiger partial charge in [-0.15, -0.1) is 11.3 Å². The Bertz CT molecular complexity index is 2080. The number of phenolic OH excluding ortho intramolecular Hbond substituents is 1. The van der Waals surface area contributed by atoms with Crippen molar-refractivity contribution in [2.24, 2.45) is 36.1 Å². The summed E-state index contributed by atoms with van der Waals surface area (Å²) in [7, 11) is 1.69. The van der Waals surface area contributed by atoms with Gasteiger partial charge in [-0.3, -0.25) is 29.1 Å². The zero-order valence-corrected chi connectivity index (χ0v) is 26.7. The van der Waals surface area contributed by atoms with E-state index in [1.165, 1.54) is 15.6 Å². The van der Waals surface area contributed by atoms with E-state index in [9.17, 15) is 29.5 Å². The molecule has 2 aliphatic carbocycles. The van der Waals surface area contributed by atoms with Crippen molar-refractivity contribution >= 4 is 62.5 Å². The number of aromatic nitrogens is 2. The summed E-state index contributed by atoms with van der Waals surface area (Å²) in [5, 5.41) is 27.9. The predicted octanol–water partition coefficient (Wildman–Crippen LogP) is 5.59. The second-order valence-corrected chi connectivity index (χ2v) is 14.4. The molecule has 3 fully saturated rings. The molecule has 2 N–H and O–H groups in total. The van der Waals surface area contributed by atoms with E-state index in [4.69, 9.17) is 16.7 Å². The summed E-state index contributed by atoms with van der Waals surface area (Å²) < 4.78 is 2.57. The molecule has 10 nitrogen and oxygen atoms in total. The van der Waals surface area contributed by atoms with Crippen LogP contribution in [0.2, 0.25) is 5.02 Å². The van der Waals surface area contributed by atoms with Crippen molar-refractivity contribution in [2.75, 3.05) is 4.90 Å². The summed E-state index contributed by atoms with van der Waals surface area (Å²) in [6.45, 7) is 3.75. The first-order chi connectivity index (χ1) is 21.9. The van der Waals surface area contributed by atoms with Gasteiger partial charge in [0.1, 0.15) is 17.3 Å². The molecule has 0 spiro atoms. The lowest BCUT2D eigenvalue weighted by molar-refractivity contribution is -0.173. The fourth-order valence-corrected chi connectivity index (χ4v) is 9.83. The highest BCUT2D eigenvalue weighted by molar-refractivity contribution is 7.22. The van der Waals surface area contributed by atoms with Crippen LogP contribution < -0.4 is 4.90 Å². The van der Waals surface area contributed by atoms with Crippen LogP contribution >= 0.6 is 22.9 Å². The summed E-state index contributed by atoms with van der Waals surface area (Å²) in [5.74, 6) is -5.74. The summed E-state index contributed by atoms with van der Waals surface area (Å²) in [4.78, 5) is 57.3. The lowest BCUT2D eigenvalue weighted by Gasteiger charge is -2.49. The van der Waals surface area contributed by atoms with Gasteiger partial charge in [0.2, 0.25) is 11.8 Å². The Labute approximate surface area is 272 Å². The zero-order chi connectivity index (χ0) is 32.4. The number of para-hydroxylation sites is 1. The number of hydroxylamine groups is 2. The Kier molecular flexibility index (Phi) is 6.23. The maximum atomic E-state index is 14.8. The van der Waals surface area contributed by atoms with Gasteiger partial charge in [0.05, 0.1) is 28.0 Å². The van der Waals surface area contributed by atoms with Crippen LogP contribution in [0.25, 0.3) is 20.7 Å². The van der Waals surface area contributed by atoms with Crippen LogP contribution in [0.3, 0.4) is 0 Å². The molecule has 4 aromatic rings. The highest BCUT2D eigenvalue weighted by Gasteiger charge is 2.68. The minimum atomic E-state index is -1.32. The minimum absolute atomic E-state index is 0.0318. The number of fused-ring (bicyclic) bond motifs is 5. The van der Waals surface area contributed by atoms with Crippen LogP contribution in [0, 0.1) is 36.0 Å². The van der Waals surface area contributed by atoms with Gasteiger partial charge in [0.15, 0.2) is 0 Å². The molecule has 6 atom stereocenters. The fraction of sp³-hybridized carbons (Fsp3) is 0.324. The number of carbonyl (C=O) groups is 4. The molecular weight excluding hydrogens is 628 g/mol. The Morgan fingerprint density at radius 1 is 1.02 bits per heavy atom. The molecule has 234 valence electrons. The number of halogens is 1. The number of imide groups is 2. The van der Waals surface area contributed by atoms with Crippen molar-refractivity contribution in [1.29, 1.82) is 0 Å². The van der Waals surface area contributed by atoms with E-state index in [1.807, 2.05) is 31.2 Å². The molecule has 2 aromatic heterocycles. The zero-order valence-electron chi connectivity index (χ0n) is 25.1. The van der Waals surface area contributed by atoms with Crippen molar-refractivity contribution in [3.05, 3.63) is 76.3 Å². The third-order valence-electron chi connectivity index (χ3n) is 10.7. The minimum Gasteiger partial charge on any atom is -0.508 e. The van der Waals surface area contributed by atoms with E-state index in [0.29, 0.717) is 22.1 Å². The smallest absolute Gasteiger partial charge is 0.257 e. The highest BCUT2D eigenvalue weighted by Crippen LogP contribution is 2.64. The fourth-order valence-electron chi connectivity index (χ4n) is 8.51. The number of hydrogen-bond acceptors (Lipinski definition) is 8. The van der Waals surface area contributed by atoms with Gasteiger partial charge < -0.3 is 5.11 Å². The monoisotopic (exact) mass is 656 g/mol. The maximum Gasteiger partial charge on any atom is 0.257 e. The third kappa shape index (κ3) is 3.70. The van der Waals surface area contributed by atoms with Gasteiger partial charge in [-0.1, -0.05) is 41.4 Å². The van der Waals surface area contributed by atoms with E-state index >= 15 is 0 Å². The molecule has 0 bridgehead atoms. The van der Waals surface area contributed by atoms with E-state index in [-0.39, 0.29) is 23.7 Å². The lowest BCUT2D eigenvalue weighted by atomic mass is 9.51. The van der Waals surface area contributed by atoms with Gasteiger partial charge >= 0.3 is 0 Å². The number of aryl methyl sites for hydroxylation is 2. The Hall–Kier alpha value is -4.32. The average Bonchev–Trinajstić information content (AvgIpc) is 3.69. The molecule has 2 aliphatic heterocycles. The SMILES string of the molecule is Cc1c(-c2cc(N3C(=O)C4CC5C(=CCC6C(=O)N(O)C(=O)C65)C(c5ccccc5O)C4(C)C3=O)n(C)n2)sc2ccc(Cl)cc12. The van der Waals surface area contributed by atoms with Crippen molar-refractivity contribution < 1.29 is 29.5 Å². The first-order valence-electron chi connectivity index (χ1n) is 15.1. The molecule has 12 heteroatoms. The lowest BCUT2D eigenvalue weighted by Crippen LogP contribution is -2.48. The van der Waals surface area contributed by atoms with Gasteiger partial charge in [-0.25, -0.2) is 4.90 Å². The van der Waals surface area contributed by atoms with Gasteiger partial charge in [-0.05, 0) is 67.8 Å². The molecule has 2 aromatic carbocycles. The summed E-state index contributed by atoms with van der Waals surface area (Å²) >= 11 is 7.81. The van der Waals surface area contributed by atoms with Crippen molar-refractivity contribution in [2.45, 2.75) is 32.6 Å². The van der Waals surface area contributed by atoms with Crippen LogP contribution in [0.1, 0.15) is 36.8 Å². The quantitative estimate of drug-likeness (QED) is 0.167. The first kappa shape index (κ1) is 29.1. The number of thiophene rings is 1. The second kappa shape index (κ2) is 9.84. The van der Waals surface area contributed by atoms with Gasteiger partial charge in [-0.2, -0.15) is 10.2 Å². The van der Waals surface area contributed by atoms with Crippen molar-refractivity contribution in [1.82, 2.24) is 14.8 Å². The number of nitrogens with zero attached hydrogens (tertiary/aromatic N) is 4. The normalized spacial score (nSPS) is 29.0. The molecule has 4 amide bonds. The highest BCUT2D eigenvalue weighted by atomic mass is 35.5. The molecule has 0 radical (unpaired) electrons. The molecular formula is C34H29ClN4O6S.